The fraction of sp³-hybridized carbons (Fsp3) is 0.625. The van der Waals surface area contributed by atoms with E-state index in [2.05, 4.69) is 6.07 Å². The van der Waals surface area contributed by atoms with E-state index in [0.29, 0.717) is 5.92 Å². The Morgan fingerprint density at radius 1 is 1.22 bits per heavy atom. The summed E-state index contributed by atoms with van der Waals surface area (Å²) >= 11 is 5.99. The summed E-state index contributed by atoms with van der Waals surface area (Å²) in [6.45, 7) is 0. The Bertz CT molecular complexity index is 456. The molecule has 2 bridgehead atoms. The van der Waals surface area contributed by atoms with Gasteiger partial charge in [-0.25, -0.2) is 0 Å². The van der Waals surface area contributed by atoms with E-state index >= 15 is 0 Å². The van der Waals surface area contributed by atoms with E-state index in [0.717, 1.165) is 35.1 Å². The average Bonchev–Trinajstić information content (AvgIpc) is 2.79. The molecule has 18 heavy (non-hydrogen) atoms. The van der Waals surface area contributed by atoms with Gasteiger partial charge in [-0.05, 0) is 73.0 Å². The Kier molecular flexibility index (Phi) is 2.50. The monoisotopic (exact) mass is 262 g/mol. The van der Waals surface area contributed by atoms with Crippen LogP contribution >= 0.6 is 11.6 Å². The molecule has 0 heterocycles. The van der Waals surface area contributed by atoms with E-state index in [-0.39, 0.29) is 6.10 Å². The first-order valence-electron chi connectivity index (χ1n) is 7.16. The second kappa shape index (κ2) is 3.98. The van der Waals surface area contributed by atoms with Gasteiger partial charge in [0.05, 0.1) is 6.10 Å². The van der Waals surface area contributed by atoms with Gasteiger partial charge in [-0.15, -0.1) is 0 Å². The highest BCUT2D eigenvalue weighted by molar-refractivity contribution is 6.30. The molecule has 3 aliphatic rings. The Hall–Kier alpha value is -0.530. The lowest BCUT2D eigenvalue weighted by atomic mass is 9.95. The fourth-order valence-electron chi connectivity index (χ4n) is 4.95. The van der Waals surface area contributed by atoms with Gasteiger partial charge < -0.3 is 5.11 Å². The van der Waals surface area contributed by atoms with Gasteiger partial charge in [0.15, 0.2) is 0 Å². The number of aliphatic hydroxyl groups excluding tert-OH is 1. The molecule has 3 aliphatic carbocycles. The van der Waals surface area contributed by atoms with Crippen LogP contribution in [0.5, 0.6) is 0 Å². The van der Waals surface area contributed by atoms with Crippen molar-refractivity contribution in [2.75, 3.05) is 0 Å². The molecule has 0 spiro atoms. The number of rotatable bonds is 3. The molecular formula is C16H19ClO. The lowest BCUT2D eigenvalue weighted by Crippen LogP contribution is -2.18. The quantitative estimate of drug-likeness (QED) is 0.884. The minimum absolute atomic E-state index is 0.151. The van der Waals surface area contributed by atoms with Crippen LogP contribution < -0.4 is 0 Å². The van der Waals surface area contributed by atoms with Crippen molar-refractivity contribution in [2.24, 2.45) is 29.6 Å². The summed E-state index contributed by atoms with van der Waals surface area (Å²) in [4.78, 5) is 0. The standard InChI is InChI=1S/C16H19ClO/c17-12-3-1-2-9(6-12)7-13(18)16-14-10-4-5-11(8-10)15(14)16/h1-3,6,10-11,13-16,18H,4-5,7-8H2. The minimum Gasteiger partial charge on any atom is -0.392 e. The maximum absolute atomic E-state index is 10.5. The molecule has 0 amide bonds. The molecule has 0 radical (unpaired) electrons. The second-order valence-electron chi connectivity index (χ2n) is 6.47. The fourth-order valence-corrected chi connectivity index (χ4v) is 5.16. The molecule has 5 unspecified atom stereocenters. The first kappa shape index (κ1) is 11.3. The van der Waals surface area contributed by atoms with Crippen molar-refractivity contribution < 1.29 is 5.11 Å². The highest BCUT2D eigenvalue weighted by Gasteiger charge is 2.66. The van der Waals surface area contributed by atoms with E-state index in [1.807, 2.05) is 18.2 Å². The highest BCUT2D eigenvalue weighted by atomic mass is 35.5. The van der Waals surface area contributed by atoms with Crippen LogP contribution in [0.25, 0.3) is 0 Å². The van der Waals surface area contributed by atoms with E-state index in [1.54, 1.807) is 0 Å². The van der Waals surface area contributed by atoms with Crippen LogP contribution in [-0.4, -0.2) is 11.2 Å². The molecular weight excluding hydrogens is 244 g/mol. The van der Waals surface area contributed by atoms with Gasteiger partial charge in [-0.3, -0.25) is 0 Å². The average molecular weight is 263 g/mol. The van der Waals surface area contributed by atoms with Crippen LogP contribution in [0.1, 0.15) is 24.8 Å². The molecule has 0 saturated heterocycles. The van der Waals surface area contributed by atoms with Crippen molar-refractivity contribution in [3.05, 3.63) is 34.9 Å². The van der Waals surface area contributed by atoms with Gasteiger partial charge >= 0.3 is 0 Å². The van der Waals surface area contributed by atoms with Crippen LogP contribution in [-0.2, 0) is 6.42 Å². The van der Waals surface area contributed by atoms with Crippen molar-refractivity contribution >= 4 is 11.6 Å². The van der Waals surface area contributed by atoms with Crippen molar-refractivity contribution in [3.8, 4) is 0 Å². The van der Waals surface area contributed by atoms with E-state index in [1.165, 1.54) is 24.8 Å². The van der Waals surface area contributed by atoms with Crippen LogP contribution in [0.3, 0.4) is 0 Å². The number of fused-ring (bicyclic) bond motifs is 5. The van der Waals surface area contributed by atoms with E-state index < -0.39 is 0 Å². The predicted molar refractivity (Wildman–Crippen MR) is 72.5 cm³/mol. The number of halogens is 1. The van der Waals surface area contributed by atoms with Crippen LogP contribution in [0.15, 0.2) is 24.3 Å². The zero-order chi connectivity index (χ0) is 12.3. The Labute approximate surface area is 113 Å². The van der Waals surface area contributed by atoms with Crippen molar-refractivity contribution in [1.29, 1.82) is 0 Å². The number of hydrogen-bond acceptors (Lipinski definition) is 1. The molecule has 4 rings (SSSR count). The molecule has 2 heteroatoms. The summed E-state index contributed by atoms with van der Waals surface area (Å²) in [5, 5.41) is 11.2. The predicted octanol–water partition coefficient (Wildman–Crippen LogP) is 3.54. The molecule has 1 aromatic carbocycles. The van der Waals surface area contributed by atoms with Gasteiger partial charge in [0.25, 0.3) is 0 Å². The maximum atomic E-state index is 10.5. The molecule has 0 aliphatic heterocycles. The molecule has 1 N–H and O–H groups in total. The van der Waals surface area contributed by atoms with Crippen LogP contribution in [0.2, 0.25) is 5.02 Å². The van der Waals surface area contributed by atoms with E-state index in [9.17, 15) is 5.11 Å². The second-order valence-corrected chi connectivity index (χ2v) is 6.90. The lowest BCUT2D eigenvalue weighted by molar-refractivity contribution is 0.129. The van der Waals surface area contributed by atoms with Gasteiger partial charge in [-0.1, -0.05) is 23.7 Å². The Morgan fingerprint density at radius 3 is 2.61 bits per heavy atom. The van der Waals surface area contributed by atoms with Crippen molar-refractivity contribution in [1.82, 2.24) is 0 Å². The normalized spacial score (nSPS) is 41.8. The smallest absolute Gasteiger partial charge is 0.0614 e. The van der Waals surface area contributed by atoms with E-state index in [4.69, 9.17) is 11.6 Å². The largest absolute Gasteiger partial charge is 0.392 e. The molecule has 3 saturated carbocycles. The molecule has 96 valence electrons. The Balaban J connectivity index is 1.45. The zero-order valence-corrected chi connectivity index (χ0v) is 11.2. The lowest BCUT2D eigenvalue weighted by Gasteiger charge is -2.15. The van der Waals surface area contributed by atoms with Crippen LogP contribution in [0.4, 0.5) is 0 Å². The maximum Gasteiger partial charge on any atom is 0.0614 e. The Morgan fingerprint density at radius 2 is 1.94 bits per heavy atom. The third kappa shape index (κ3) is 1.64. The third-order valence-electron chi connectivity index (χ3n) is 5.57. The summed E-state index contributed by atoms with van der Waals surface area (Å²) in [7, 11) is 0. The molecule has 1 aromatic rings. The van der Waals surface area contributed by atoms with Crippen molar-refractivity contribution in [3.63, 3.8) is 0 Å². The molecule has 1 nitrogen and oxygen atoms in total. The summed E-state index contributed by atoms with van der Waals surface area (Å²) < 4.78 is 0. The summed E-state index contributed by atoms with van der Waals surface area (Å²) in [5.74, 6) is 4.20. The first-order valence-corrected chi connectivity index (χ1v) is 7.54. The molecule has 5 atom stereocenters. The number of hydrogen-bond donors (Lipinski definition) is 1. The molecule has 3 fully saturated rings. The van der Waals surface area contributed by atoms with Gasteiger partial charge in [0.1, 0.15) is 0 Å². The van der Waals surface area contributed by atoms with Gasteiger partial charge in [0, 0.05) is 5.02 Å². The number of benzene rings is 1. The first-order chi connectivity index (χ1) is 8.74. The highest BCUT2D eigenvalue weighted by Crippen LogP contribution is 2.70. The summed E-state index contributed by atoms with van der Waals surface area (Å²) in [6, 6.07) is 7.92. The van der Waals surface area contributed by atoms with Gasteiger partial charge in [-0.2, -0.15) is 0 Å². The number of aliphatic hydroxyl groups is 1. The summed E-state index contributed by atoms with van der Waals surface area (Å²) in [5.41, 5.74) is 1.17. The third-order valence-corrected chi connectivity index (χ3v) is 5.81. The summed E-state index contributed by atoms with van der Waals surface area (Å²) in [6.07, 6.45) is 4.92. The topological polar surface area (TPSA) is 20.2 Å². The van der Waals surface area contributed by atoms with Gasteiger partial charge in [0.2, 0.25) is 0 Å². The van der Waals surface area contributed by atoms with Crippen molar-refractivity contribution in [2.45, 2.75) is 31.8 Å². The SMILES string of the molecule is OC(Cc1cccc(Cl)c1)C1C2C3CCC(C3)C12. The molecule has 0 aromatic heterocycles. The minimum atomic E-state index is -0.151. The zero-order valence-electron chi connectivity index (χ0n) is 10.4. The van der Waals surface area contributed by atoms with Crippen LogP contribution in [0, 0.1) is 29.6 Å².